The second-order valence-electron chi connectivity index (χ2n) is 16.1. The summed E-state index contributed by atoms with van der Waals surface area (Å²) >= 11 is 0. The minimum atomic E-state index is -0.518. The number of rotatable bonds is 8. The van der Waals surface area contributed by atoms with Crippen molar-refractivity contribution in [2.75, 3.05) is 26.2 Å². The highest BCUT2D eigenvalue weighted by Crippen LogP contribution is 2.56. The molecule has 4 saturated heterocycles. The van der Waals surface area contributed by atoms with E-state index in [2.05, 4.69) is 23.6 Å². The molecule has 6 heterocycles. The smallest absolute Gasteiger partial charge is 0.331 e. The van der Waals surface area contributed by atoms with Gasteiger partial charge in [-0.25, -0.2) is 9.59 Å². The Kier molecular flexibility index (Phi) is 7.81. The van der Waals surface area contributed by atoms with Crippen molar-refractivity contribution in [1.29, 1.82) is 0 Å². The number of benzene rings is 1. The summed E-state index contributed by atoms with van der Waals surface area (Å²) in [5.74, 6) is -0.529. The Labute approximate surface area is 294 Å². The first-order valence-corrected chi connectivity index (χ1v) is 19.4. The van der Waals surface area contributed by atoms with Gasteiger partial charge >= 0.3 is 11.9 Å². The number of carbonyl (C=O) groups is 4. The average molecular weight is 683 g/mol. The molecule has 0 unspecified atom stereocenters. The Morgan fingerprint density at radius 2 is 1.12 bits per heavy atom. The Bertz CT molecular complexity index is 1550. The van der Waals surface area contributed by atoms with Crippen molar-refractivity contribution in [2.45, 2.75) is 138 Å². The molecule has 2 spiro atoms. The van der Waals surface area contributed by atoms with E-state index in [1.165, 1.54) is 0 Å². The summed E-state index contributed by atoms with van der Waals surface area (Å²) in [6.07, 6.45) is 14.5. The van der Waals surface area contributed by atoms with E-state index in [9.17, 15) is 19.2 Å². The second kappa shape index (κ2) is 12.0. The molecule has 6 aliphatic heterocycles. The zero-order valence-corrected chi connectivity index (χ0v) is 29.5. The van der Waals surface area contributed by atoms with Crippen molar-refractivity contribution in [1.82, 2.24) is 19.6 Å². The molecule has 2 aliphatic carbocycles. The van der Waals surface area contributed by atoms with Crippen LogP contribution in [0.2, 0.25) is 0 Å². The van der Waals surface area contributed by atoms with Crippen LogP contribution in [-0.4, -0.2) is 117 Å². The summed E-state index contributed by atoms with van der Waals surface area (Å²) < 4.78 is 12.2. The number of nitrogens with zero attached hydrogens (tertiary/aromatic N) is 4. The highest BCUT2D eigenvalue weighted by Gasteiger charge is 2.66. The average Bonchev–Trinajstić information content (AvgIpc) is 3.82. The van der Waals surface area contributed by atoms with Crippen LogP contribution in [-0.2, 0) is 19.1 Å². The highest BCUT2D eigenvalue weighted by atomic mass is 16.6. The molecular formula is C40H50N4O6. The van der Waals surface area contributed by atoms with E-state index in [0.717, 1.165) is 88.4 Å². The number of ether oxygens (including phenoxy) is 2. The number of hydrogen-bond donors (Lipinski definition) is 0. The van der Waals surface area contributed by atoms with Crippen molar-refractivity contribution in [3.05, 3.63) is 58.7 Å². The van der Waals surface area contributed by atoms with Gasteiger partial charge in [-0.2, -0.15) is 0 Å². The first-order valence-electron chi connectivity index (χ1n) is 19.4. The van der Waals surface area contributed by atoms with Gasteiger partial charge in [-0.1, -0.05) is 26.7 Å². The first-order chi connectivity index (χ1) is 24.3. The minimum absolute atomic E-state index is 0.0244. The number of piperidine rings is 2. The molecule has 8 atom stereocenters. The van der Waals surface area contributed by atoms with E-state index in [0.29, 0.717) is 37.1 Å². The lowest BCUT2D eigenvalue weighted by atomic mass is 9.75. The van der Waals surface area contributed by atoms with E-state index < -0.39 is 11.2 Å². The maximum Gasteiger partial charge on any atom is 0.331 e. The fraction of sp³-hybridized carbons (Fsp3) is 0.650. The molecular weight excluding hydrogens is 632 g/mol. The van der Waals surface area contributed by atoms with Gasteiger partial charge in [-0.15, -0.1) is 0 Å². The molecule has 9 rings (SSSR count). The molecule has 2 saturated carbocycles. The Balaban J connectivity index is 0.970. The van der Waals surface area contributed by atoms with Crippen LogP contribution in [0, 0.1) is 0 Å². The fourth-order valence-corrected chi connectivity index (χ4v) is 11.8. The van der Waals surface area contributed by atoms with Gasteiger partial charge in [0.1, 0.15) is 0 Å². The molecule has 8 aliphatic rings. The third-order valence-electron chi connectivity index (χ3n) is 13.7. The summed E-state index contributed by atoms with van der Waals surface area (Å²) in [6, 6.07) is 7.92. The number of hydrogen-bond acceptors (Lipinski definition) is 8. The highest BCUT2D eigenvalue weighted by molar-refractivity contribution is 5.98. The molecule has 10 nitrogen and oxygen atoms in total. The Morgan fingerprint density at radius 1 is 0.700 bits per heavy atom. The molecule has 4 bridgehead atoms. The summed E-state index contributed by atoms with van der Waals surface area (Å²) in [5.41, 5.74) is 2.25. The van der Waals surface area contributed by atoms with Crippen LogP contribution < -0.4 is 0 Å². The van der Waals surface area contributed by atoms with Crippen molar-refractivity contribution in [3.63, 3.8) is 0 Å². The number of carbonyl (C=O) groups excluding carboxylic acids is 4. The van der Waals surface area contributed by atoms with Gasteiger partial charge in [0.15, 0.2) is 11.2 Å². The molecule has 266 valence electrons. The standard InChI is InChI=1S/C40H50N4O6/c1-3-15-43(29-19-27-21-35(45)49-39(27)23-31(29)41-17-7-5-9-33(39)41)37(47)25-11-13-26(14-12-25)38(48)44(16-4-2)30-20-28-22-36(46)50-40(28)24-32(30)42-18-8-6-10-34(40)42/h11-14,21-22,29-34H,3-10,15-20,23-24H2,1-2H3/t29-,30+,31-,32-,33+,34+,39-,40-/m0/s1. The molecule has 1 aromatic rings. The molecule has 0 N–H and O–H groups in total. The van der Waals surface area contributed by atoms with E-state index in [-0.39, 0.29) is 60.0 Å². The zero-order valence-electron chi connectivity index (χ0n) is 29.5. The molecule has 10 heteroatoms. The van der Waals surface area contributed by atoms with Gasteiger partial charge in [0.05, 0.1) is 24.2 Å². The van der Waals surface area contributed by atoms with Crippen molar-refractivity contribution in [3.8, 4) is 0 Å². The summed E-state index contributed by atoms with van der Waals surface area (Å²) in [7, 11) is 0. The lowest BCUT2D eigenvalue weighted by Crippen LogP contribution is -2.54. The monoisotopic (exact) mass is 682 g/mol. The Hall–Kier alpha value is -3.50. The molecule has 1 aromatic carbocycles. The molecule has 50 heavy (non-hydrogen) atoms. The van der Waals surface area contributed by atoms with Gasteiger partial charge in [0.2, 0.25) is 0 Å². The van der Waals surface area contributed by atoms with E-state index in [1.54, 1.807) is 12.2 Å². The lowest BCUT2D eigenvalue weighted by molar-refractivity contribution is -0.149. The molecule has 6 fully saturated rings. The molecule has 2 amide bonds. The van der Waals surface area contributed by atoms with Gasteiger partial charge in [0, 0.05) is 61.3 Å². The van der Waals surface area contributed by atoms with Crippen LogP contribution in [0.1, 0.15) is 112 Å². The van der Waals surface area contributed by atoms with Crippen LogP contribution >= 0.6 is 0 Å². The van der Waals surface area contributed by atoms with Crippen LogP contribution in [0.5, 0.6) is 0 Å². The van der Waals surface area contributed by atoms with Crippen molar-refractivity contribution < 1.29 is 28.7 Å². The first kappa shape index (κ1) is 32.4. The van der Waals surface area contributed by atoms with Crippen LogP contribution in [0.3, 0.4) is 0 Å². The van der Waals surface area contributed by atoms with Gasteiger partial charge in [-0.3, -0.25) is 19.4 Å². The lowest BCUT2D eigenvalue weighted by Gasteiger charge is -2.42. The summed E-state index contributed by atoms with van der Waals surface area (Å²) in [6.45, 7) is 7.41. The molecule has 0 radical (unpaired) electrons. The van der Waals surface area contributed by atoms with Crippen molar-refractivity contribution in [2.24, 2.45) is 0 Å². The van der Waals surface area contributed by atoms with E-state index in [4.69, 9.17) is 9.47 Å². The van der Waals surface area contributed by atoms with Crippen LogP contribution in [0.15, 0.2) is 47.6 Å². The SMILES string of the molecule is CCCN(C(=O)c1ccc(C(=O)N(CCC)[C@H]2CC3=CC(=O)O[C@@]34C[C@@H]2N2CCCC[C@@H]24)cc1)[C@@H]1CC2=CC(=O)O[C@@]23C[C@@H]1N1CCCC[C@@H]13. The quantitative estimate of drug-likeness (QED) is 0.366. The largest absolute Gasteiger partial charge is 0.450 e. The normalized spacial score (nSPS) is 36.8. The predicted molar refractivity (Wildman–Crippen MR) is 185 cm³/mol. The fourth-order valence-electron chi connectivity index (χ4n) is 11.8. The van der Waals surface area contributed by atoms with E-state index >= 15 is 0 Å². The van der Waals surface area contributed by atoms with Crippen LogP contribution in [0.4, 0.5) is 0 Å². The maximum absolute atomic E-state index is 14.4. The molecule has 0 aromatic heterocycles. The van der Waals surface area contributed by atoms with Gasteiger partial charge < -0.3 is 19.3 Å². The topological polar surface area (TPSA) is 99.7 Å². The minimum Gasteiger partial charge on any atom is -0.450 e. The van der Waals surface area contributed by atoms with Crippen molar-refractivity contribution >= 4 is 23.8 Å². The number of esters is 2. The van der Waals surface area contributed by atoms with Crippen LogP contribution in [0.25, 0.3) is 0 Å². The predicted octanol–water partition coefficient (Wildman–Crippen LogP) is 4.63. The maximum atomic E-state index is 14.4. The third-order valence-corrected chi connectivity index (χ3v) is 13.7. The van der Waals surface area contributed by atoms with Gasteiger partial charge in [-0.05, 0) is 99.9 Å². The Morgan fingerprint density at radius 3 is 1.52 bits per heavy atom. The number of fused-ring (bicyclic) bond motifs is 6. The second-order valence-corrected chi connectivity index (χ2v) is 16.1. The number of amides is 2. The summed E-state index contributed by atoms with van der Waals surface area (Å²) in [4.78, 5) is 63.2. The third kappa shape index (κ3) is 4.65. The zero-order chi connectivity index (χ0) is 34.4. The van der Waals surface area contributed by atoms with E-state index in [1.807, 2.05) is 34.1 Å². The van der Waals surface area contributed by atoms with Gasteiger partial charge in [0.25, 0.3) is 11.8 Å². The summed E-state index contributed by atoms with van der Waals surface area (Å²) in [5, 5.41) is 0.